The number of carboxylic acid groups (broad SMARTS) is 1. The summed E-state index contributed by atoms with van der Waals surface area (Å²) in [5, 5.41) is 9.67. The number of pyridine rings is 1. The van der Waals surface area contributed by atoms with Gasteiger partial charge in [-0.3, -0.25) is 14.6 Å². The van der Waals surface area contributed by atoms with Crippen LogP contribution in [0.15, 0.2) is 48.7 Å². The number of carbonyl (C=O) groups is 2. The van der Waals surface area contributed by atoms with Crippen LogP contribution in [-0.4, -0.2) is 29.0 Å². The highest BCUT2D eigenvalue weighted by Gasteiger charge is 2.42. The summed E-state index contributed by atoms with van der Waals surface area (Å²) in [5.74, 6) is -2.22. The average Bonchev–Trinajstić information content (AvgIpc) is 2.99. The largest absolute Gasteiger partial charge is 0.481 e. The van der Waals surface area contributed by atoms with E-state index >= 15 is 0 Å². The number of likely N-dealkylation sites (N-methyl/N-ethyl adjacent to an activating group) is 1. The van der Waals surface area contributed by atoms with Crippen molar-refractivity contribution in [2.75, 3.05) is 11.9 Å². The van der Waals surface area contributed by atoms with Crippen molar-refractivity contribution in [2.45, 2.75) is 84.0 Å². The number of hydrogen-bond donors (Lipinski definition) is 1. The zero-order valence-corrected chi connectivity index (χ0v) is 26.9. The number of rotatable bonds is 7. The van der Waals surface area contributed by atoms with Crippen molar-refractivity contribution < 1.29 is 45.4 Å². The third-order valence-corrected chi connectivity index (χ3v) is 9.61. The summed E-state index contributed by atoms with van der Waals surface area (Å²) in [6.45, 7) is 7.60. The summed E-state index contributed by atoms with van der Waals surface area (Å²) in [6.07, 6.45) is -6.11. The molecule has 3 aromatic rings. The van der Waals surface area contributed by atoms with Crippen molar-refractivity contribution >= 4 is 17.6 Å². The summed E-state index contributed by atoms with van der Waals surface area (Å²) >= 11 is 0. The Labute approximate surface area is 268 Å². The molecule has 1 aliphatic carbocycles. The lowest BCUT2D eigenvalue weighted by atomic mass is 9.68. The van der Waals surface area contributed by atoms with E-state index in [4.69, 9.17) is 0 Å². The van der Waals surface area contributed by atoms with Gasteiger partial charge in [-0.15, -0.1) is 0 Å². The highest BCUT2D eigenvalue weighted by atomic mass is 19.4. The zero-order valence-electron chi connectivity index (χ0n) is 26.9. The molecular weight excluding hydrogens is 629 g/mol. The van der Waals surface area contributed by atoms with Crippen LogP contribution in [0.1, 0.15) is 87.2 Å². The molecule has 0 saturated heterocycles. The normalized spacial score (nSPS) is 17.8. The highest BCUT2D eigenvalue weighted by molar-refractivity contribution is 6.03. The molecule has 254 valence electrons. The third-order valence-electron chi connectivity index (χ3n) is 9.61. The van der Waals surface area contributed by atoms with E-state index in [9.17, 15) is 45.4 Å². The molecule has 12 heteroatoms. The van der Waals surface area contributed by atoms with Gasteiger partial charge in [0.2, 0.25) is 5.91 Å². The van der Waals surface area contributed by atoms with Crippen LogP contribution in [0, 0.1) is 24.1 Å². The molecule has 0 unspecified atom stereocenters. The zero-order chi connectivity index (χ0) is 35.3. The minimum Gasteiger partial charge on any atom is -0.481 e. The van der Waals surface area contributed by atoms with Gasteiger partial charge in [-0.1, -0.05) is 6.07 Å². The first-order chi connectivity index (χ1) is 21.5. The average molecular weight is 667 g/mol. The van der Waals surface area contributed by atoms with Gasteiger partial charge in [0.05, 0.1) is 33.8 Å². The second-order valence-corrected chi connectivity index (χ2v) is 13.4. The number of aromatic nitrogens is 1. The van der Waals surface area contributed by atoms with Crippen LogP contribution in [0.25, 0.3) is 11.1 Å². The number of carboxylic acids is 1. The molecular formula is C35H37F7N2O3. The lowest BCUT2D eigenvalue weighted by molar-refractivity contribution is -0.151. The fraction of sp³-hybridized carbons (Fsp3) is 0.457. The van der Waals surface area contributed by atoms with Crippen molar-refractivity contribution in [2.24, 2.45) is 11.3 Å². The van der Waals surface area contributed by atoms with Crippen LogP contribution < -0.4 is 4.90 Å². The number of benzene rings is 2. The Morgan fingerprint density at radius 1 is 0.809 bits per heavy atom. The molecule has 1 aromatic heterocycles. The van der Waals surface area contributed by atoms with Crippen molar-refractivity contribution in [1.82, 2.24) is 4.98 Å². The smallest absolute Gasteiger partial charge is 0.416 e. The summed E-state index contributed by atoms with van der Waals surface area (Å²) < 4.78 is 95.9. The van der Waals surface area contributed by atoms with Crippen molar-refractivity contribution in [3.63, 3.8) is 0 Å². The Hall–Kier alpha value is -3.96. The second kappa shape index (κ2) is 12.6. The summed E-state index contributed by atoms with van der Waals surface area (Å²) in [4.78, 5) is 31.6. The van der Waals surface area contributed by atoms with Crippen LogP contribution in [0.4, 0.5) is 36.4 Å². The summed E-state index contributed by atoms with van der Waals surface area (Å²) in [5.41, 5.74) is -3.80. The maximum atomic E-state index is 14.1. The molecule has 0 radical (unpaired) electrons. The van der Waals surface area contributed by atoms with Gasteiger partial charge in [-0.2, -0.15) is 26.3 Å². The standard InChI is InChI=1S/C35H37F7N2O3/c1-19-13-25(36)11-12-26(19)27-17-28(20-7-9-21(10-8-20)33(4,5)31(46)47)43-18-29(27)44(6)30(45)32(2,3)22-14-23(34(37,38)39)16-24(15-22)35(40,41)42/h11-18,20-21H,7-10H2,1-6H3,(H,46,47). The Morgan fingerprint density at radius 2 is 1.34 bits per heavy atom. The van der Waals surface area contributed by atoms with Gasteiger partial charge in [0.15, 0.2) is 0 Å². The lowest BCUT2D eigenvalue weighted by Crippen LogP contribution is -2.42. The van der Waals surface area contributed by atoms with Gasteiger partial charge in [0, 0.05) is 24.2 Å². The van der Waals surface area contributed by atoms with Crippen molar-refractivity contribution in [3.05, 3.63) is 82.4 Å². The van der Waals surface area contributed by atoms with Gasteiger partial charge in [-0.25, -0.2) is 4.39 Å². The predicted molar refractivity (Wildman–Crippen MR) is 163 cm³/mol. The van der Waals surface area contributed by atoms with Crippen LogP contribution in [0.5, 0.6) is 0 Å². The number of anilines is 1. The number of carbonyl (C=O) groups excluding carboxylic acids is 1. The first-order valence-electron chi connectivity index (χ1n) is 15.1. The third kappa shape index (κ3) is 7.31. The Kier molecular flexibility index (Phi) is 9.60. The maximum Gasteiger partial charge on any atom is 0.416 e. The van der Waals surface area contributed by atoms with Crippen molar-refractivity contribution in [3.8, 4) is 11.1 Å². The van der Waals surface area contributed by atoms with E-state index in [1.165, 1.54) is 45.3 Å². The fourth-order valence-corrected chi connectivity index (χ4v) is 6.35. The number of hydrogen-bond acceptors (Lipinski definition) is 3. The number of aliphatic carboxylic acids is 1. The van der Waals surface area contributed by atoms with E-state index in [0.29, 0.717) is 60.2 Å². The molecule has 0 bridgehead atoms. The molecule has 0 aliphatic heterocycles. The first-order valence-corrected chi connectivity index (χ1v) is 15.1. The van der Waals surface area contributed by atoms with E-state index in [2.05, 4.69) is 4.98 Å². The van der Waals surface area contributed by atoms with Crippen molar-refractivity contribution in [1.29, 1.82) is 0 Å². The van der Waals surface area contributed by atoms with Crippen LogP contribution >= 0.6 is 0 Å². The molecule has 1 amide bonds. The van der Waals surface area contributed by atoms with E-state index in [0.717, 1.165) is 4.90 Å². The molecule has 5 nitrogen and oxygen atoms in total. The van der Waals surface area contributed by atoms with Gasteiger partial charge in [0.25, 0.3) is 0 Å². The molecule has 2 aromatic carbocycles. The van der Waals surface area contributed by atoms with E-state index < -0.39 is 57.6 Å². The lowest BCUT2D eigenvalue weighted by Gasteiger charge is -2.36. The summed E-state index contributed by atoms with van der Waals surface area (Å²) in [7, 11) is 1.36. The minimum absolute atomic E-state index is 0.0158. The minimum atomic E-state index is -5.09. The Morgan fingerprint density at radius 3 is 1.83 bits per heavy atom. The monoisotopic (exact) mass is 666 g/mol. The molecule has 1 fully saturated rings. The number of nitrogens with zero attached hydrogens (tertiary/aromatic N) is 2. The number of amides is 1. The molecule has 1 saturated carbocycles. The van der Waals surface area contributed by atoms with Crippen LogP contribution in [0.2, 0.25) is 0 Å². The molecule has 47 heavy (non-hydrogen) atoms. The fourth-order valence-electron chi connectivity index (χ4n) is 6.35. The van der Waals surface area contributed by atoms with E-state index in [1.807, 2.05) is 0 Å². The molecule has 0 spiro atoms. The molecule has 1 N–H and O–H groups in total. The molecule has 0 atom stereocenters. The topological polar surface area (TPSA) is 70.5 Å². The Bertz CT molecular complexity index is 1640. The summed E-state index contributed by atoms with van der Waals surface area (Å²) in [6, 6.07) is 6.98. The van der Waals surface area contributed by atoms with Crippen LogP contribution in [-0.2, 0) is 27.4 Å². The maximum absolute atomic E-state index is 14.1. The Balaban J connectivity index is 1.76. The first kappa shape index (κ1) is 35.9. The van der Waals surface area contributed by atoms with E-state index in [-0.39, 0.29) is 23.6 Å². The second-order valence-electron chi connectivity index (χ2n) is 13.4. The highest BCUT2D eigenvalue weighted by Crippen LogP contribution is 2.45. The van der Waals surface area contributed by atoms with Crippen LogP contribution in [0.3, 0.4) is 0 Å². The number of alkyl halides is 6. The quantitative estimate of drug-likeness (QED) is 0.255. The molecule has 1 aliphatic rings. The van der Waals surface area contributed by atoms with Gasteiger partial charge < -0.3 is 10.0 Å². The predicted octanol–water partition coefficient (Wildman–Crippen LogP) is 9.56. The number of halogens is 7. The van der Waals surface area contributed by atoms with Gasteiger partial charge >= 0.3 is 18.3 Å². The van der Waals surface area contributed by atoms with Gasteiger partial charge in [-0.05, 0) is 119 Å². The molecule has 4 rings (SSSR count). The number of aryl methyl sites for hydroxylation is 1. The molecule has 1 heterocycles. The van der Waals surface area contributed by atoms with Gasteiger partial charge in [0.1, 0.15) is 5.82 Å². The van der Waals surface area contributed by atoms with E-state index in [1.54, 1.807) is 26.8 Å². The SMILES string of the molecule is Cc1cc(F)ccc1-c1cc(C2CCC(C(C)(C)C(=O)O)CC2)ncc1N(C)C(=O)C(C)(C)c1cc(C(F)(F)F)cc(C(F)(F)F)c1.